The number of nitrogens with one attached hydrogen (secondary N) is 1. The molecule has 1 N–H and O–H groups in total. The molecule has 0 aliphatic heterocycles. The van der Waals surface area contributed by atoms with E-state index in [0.717, 1.165) is 25.9 Å². The number of aromatic nitrogens is 1. The molecule has 0 aliphatic carbocycles. The molecule has 0 saturated heterocycles. The summed E-state index contributed by atoms with van der Waals surface area (Å²) in [6.07, 6.45) is 6.15. The third-order valence-corrected chi connectivity index (χ3v) is 2.96. The molecule has 1 heterocycles. The van der Waals surface area contributed by atoms with Gasteiger partial charge in [-0.2, -0.15) is 0 Å². The fraction of sp³-hybridized carbons (Fsp3) is 0.643. The molecule has 3 heteroatoms. The summed E-state index contributed by atoms with van der Waals surface area (Å²) in [7, 11) is 4.24. The monoisotopic (exact) mass is 235 g/mol. The van der Waals surface area contributed by atoms with Gasteiger partial charge >= 0.3 is 0 Å². The van der Waals surface area contributed by atoms with Crippen molar-refractivity contribution in [1.29, 1.82) is 0 Å². The van der Waals surface area contributed by atoms with E-state index in [2.05, 4.69) is 49.2 Å². The molecule has 3 nitrogen and oxygen atoms in total. The van der Waals surface area contributed by atoms with Crippen molar-refractivity contribution < 1.29 is 0 Å². The van der Waals surface area contributed by atoms with Crippen molar-refractivity contribution in [1.82, 2.24) is 15.2 Å². The fourth-order valence-electron chi connectivity index (χ4n) is 1.91. The van der Waals surface area contributed by atoms with Gasteiger partial charge in [0.05, 0.1) is 0 Å². The van der Waals surface area contributed by atoms with Crippen molar-refractivity contribution in [2.75, 3.05) is 27.2 Å². The van der Waals surface area contributed by atoms with E-state index < -0.39 is 0 Å². The van der Waals surface area contributed by atoms with E-state index in [1.54, 1.807) is 0 Å². The van der Waals surface area contributed by atoms with Gasteiger partial charge in [-0.05, 0) is 64.1 Å². The van der Waals surface area contributed by atoms with Gasteiger partial charge in [-0.25, -0.2) is 0 Å². The summed E-state index contributed by atoms with van der Waals surface area (Å²) in [6, 6.07) is 2.51. The maximum atomic E-state index is 4.25. The Kier molecular flexibility index (Phi) is 6.16. The van der Waals surface area contributed by atoms with E-state index in [1.165, 1.54) is 11.1 Å². The SMILES string of the molecule is CCCNC(CCN(C)C)c1cnccc1C. The Bertz CT molecular complexity index is 323. The predicted molar refractivity (Wildman–Crippen MR) is 73.2 cm³/mol. The Morgan fingerprint density at radius 2 is 2.18 bits per heavy atom. The van der Waals surface area contributed by atoms with Crippen LogP contribution in [-0.2, 0) is 0 Å². The van der Waals surface area contributed by atoms with Crippen LogP contribution in [0.1, 0.15) is 36.9 Å². The predicted octanol–water partition coefficient (Wildman–Crippen LogP) is 2.38. The molecule has 0 aliphatic rings. The lowest BCUT2D eigenvalue weighted by Gasteiger charge is -2.22. The maximum absolute atomic E-state index is 4.25. The van der Waals surface area contributed by atoms with E-state index in [4.69, 9.17) is 0 Å². The number of rotatable bonds is 7. The van der Waals surface area contributed by atoms with Crippen LogP contribution in [0.5, 0.6) is 0 Å². The highest BCUT2D eigenvalue weighted by molar-refractivity contribution is 5.25. The molecule has 17 heavy (non-hydrogen) atoms. The van der Waals surface area contributed by atoms with Crippen molar-refractivity contribution in [3.05, 3.63) is 29.6 Å². The minimum Gasteiger partial charge on any atom is -0.310 e. The van der Waals surface area contributed by atoms with Gasteiger partial charge < -0.3 is 10.2 Å². The molecule has 1 unspecified atom stereocenters. The average Bonchev–Trinajstić information content (AvgIpc) is 2.30. The topological polar surface area (TPSA) is 28.2 Å². The van der Waals surface area contributed by atoms with Gasteiger partial charge in [0.15, 0.2) is 0 Å². The second-order valence-corrected chi connectivity index (χ2v) is 4.83. The Morgan fingerprint density at radius 3 is 2.76 bits per heavy atom. The van der Waals surface area contributed by atoms with Crippen molar-refractivity contribution in [2.45, 2.75) is 32.7 Å². The molecular formula is C14H25N3. The molecule has 0 bridgehead atoms. The van der Waals surface area contributed by atoms with E-state index in [1.807, 2.05) is 12.4 Å². The standard InChI is InChI=1S/C14H25N3/c1-5-8-16-14(7-10-17(3)4)13-11-15-9-6-12(13)2/h6,9,11,14,16H,5,7-8,10H2,1-4H3. The third-order valence-electron chi connectivity index (χ3n) is 2.96. The number of pyridine rings is 1. The Morgan fingerprint density at radius 1 is 1.41 bits per heavy atom. The van der Waals surface area contributed by atoms with Crippen LogP contribution in [0, 0.1) is 6.92 Å². The van der Waals surface area contributed by atoms with Gasteiger partial charge in [-0.1, -0.05) is 6.92 Å². The van der Waals surface area contributed by atoms with Crippen LogP contribution in [0.15, 0.2) is 18.5 Å². The zero-order valence-corrected chi connectivity index (χ0v) is 11.5. The van der Waals surface area contributed by atoms with Crippen LogP contribution in [0.4, 0.5) is 0 Å². The Labute approximate surface area is 105 Å². The largest absolute Gasteiger partial charge is 0.310 e. The lowest BCUT2D eigenvalue weighted by Crippen LogP contribution is -2.27. The van der Waals surface area contributed by atoms with Gasteiger partial charge in [0.1, 0.15) is 0 Å². The van der Waals surface area contributed by atoms with E-state index >= 15 is 0 Å². The van der Waals surface area contributed by atoms with E-state index in [9.17, 15) is 0 Å². The average molecular weight is 235 g/mol. The molecule has 0 aromatic carbocycles. The van der Waals surface area contributed by atoms with Crippen LogP contribution >= 0.6 is 0 Å². The molecule has 1 rings (SSSR count). The highest BCUT2D eigenvalue weighted by Crippen LogP contribution is 2.19. The van der Waals surface area contributed by atoms with Crippen molar-refractivity contribution in [2.24, 2.45) is 0 Å². The molecule has 96 valence electrons. The molecule has 0 spiro atoms. The van der Waals surface area contributed by atoms with Crippen LogP contribution in [0.3, 0.4) is 0 Å². The lowest BCUT2D eigenvalue weighted by atomic mass is 10.0. The highest BCUT2D eigenvalue weighted by Gasteiger charge is 2.13. The molecule has 0 fully saturated rings. The summed E-state index contributed by atoms with van der Waals surface area (Å²) in [6.45, 7) is 6.52. The molecule has 1 atom stereocenters. The summed E-state index contributed by atoms with van der Waals surface area (Å²) in [5, 5.41) is 3.62. The summed E-state index contributed by atoms with van der Waals surface area (Å²) in [5.41, 5.74) is 2.66. The molecule has 0 saturated carbocycles. The minimum atomic E-state index is 0.422. The lowest BCUT2D eigenvalue weighted by molar-refractivity contribution is 0.360. The van der Waals surface area contributed by atoms with E-state index in [-0.39, 0.29) is 0 Å². The summed E-state index contributed by atoms with van der Waals surface area (Å²) >= 11 is 0. The van der Waals surface area contributed by atoms with Crippen molar-refractivity contribution >= 4 is 0 Å². The number of hydrogen-bond donors (Lipinski definition) is 1. The van der Waals surface area contributed by atoms with Crippen molar-refractivity contribution in [3.63, 3.8) is 0 Å². The molecular weight excluding hydrogens is 210 g/mol. The third kappa shape index (κ3) is 4.84. The second-order valence-electron chi connectivity index (χ2n) is 4.83. The van der Waals surface area contributed by atoms with Crippen molar-refractivity contribution in [3.8, 4) is 0 Å². The van der Waals surface area contributed by atoms with Crippen LogP contribution in [0.2, 0.25) is 0 Å². The summed E-state index contributed by atoms with van der Waals surface area (Å²) in [5.74, 6) is 0. The number of nitrogens with zero attached hydrogens (tertiary/aromatic N) is 2. The quantitative estimate of drug-likeness (QED) is 0.786. The summed E-state index contributed by atoms with van der Waals surface area (Å²) in [4.78, 5) is 6.48. The fourth-order valence-corrected chi connectivity index (χ4v) is 1.91. The minimum absolute atomic E-state index is 0.422. The molecule has 1 aromatic heterocycles. The number of aryl methyl sites for hydroxylation is 1. The smallest absolute Gasteiger partial charge is 0.0350 e. The first-order valence-corrected chi connectivity index (χ1v) is 6.43. The zero-order chi connectivity index (χ0) is 12.7. The molecule has 1 aromatic rings. The van der Waals surface area contributed by atoms with Crippen LogP contribution in [0.25, 0.3) is 0 Å². The second kappa shape index (κ2) is 7.41. The van der Waals surface area contributed by atoms with Gasteiger partial charge in [0.25, 0.3) is 0 Å². The first kappa shape index (κ1) is 14.1. The van der Waals surface area contributed by atoms with Gasteiger partial charge in [-0.15, -0.1) is 0 Å². The Hall–Kier alpha value is -0.930. The first-order chi connectivity index (χ1) is 8.15. The normalized spacial score (nSPS) is 13.0. The molecule has 0 radical (unpaired) electrons. The summed E-state index contributed by atoms with van der Waals surface area (Å²) < 4.78 is 0. The zero-order valence-electron chi connectivity index (χ0n) is 11.5. The van der Waals surface area contributed by atoms with Gasteiger partial charge in [0.2, 0.25) is 0 Å². The van der Waals surface area contributed by atoms with Crippen LogP contribution in [-0.4, -0.2) is 37.1 Å². The van der Waals surface area contributed by atoms with Crippen LogP contribution < -0.4 is 5.32 Å². The first-order valence-electron chi connectivity index (χ1n) is 6.43. The highest BCUT2D eigenvalue weighted by atomic mass is 15.1. The van der Waals surface area contributed by atoms with Gasteiger partial charge in [0, 0.05) is 18.4 Å². The van der Waals surface area contributed by atoms with E-state index in [0.29, 0.717) is 6.04 Å². The van der Waals surface area contributed by atoms with Gasteiger partial charge in [-0.3, -0.25) is 4.98 Å². The molecule has 0 amide bonds. The maximum Gasteiger partial charge on any atom is 0.0350 e. The number of hydrogen-bond acceptors (Lipinski definition) is 3. The Balaban J connectivity index is 2.71.